The third-order valence-corrected chi connectivity index (χ3v) is 5.28. The summed E-state index contributed by atoms with van der Waals surface area (Å²) in [6.07, 6.45) is 1.81. The second-order valence-electron chi connectivity index (χ2n) is 7.12. The number of carbonyl (C=O) groups is 1. The minimum absolute atomic E-state index is 0.0208. The van der Waals surface area contributed by atoms with Gasteiger partial charge in [-0.2, -0.15) is 0 Å². The Balaban J connectivity index is 1.36. The molecule has 0 N–H and O–H groups in total. The lowest BCUT2D eigenvalue weighted by Crippen LogP contribution is -2.49. The van der Waals surface area contributed by atoms with Crippen LogP contribution in [0.3, 0.4) is 0 Å². The van der Waals surface area contributed by atoms with Crippen LogP contribution in [0.2, 0.25) is 0 Å². The number of anilines is 2. The number of aryl methyl sites for hydroxylation is 1. The molecule has 6 heteroatoms. The van der Waals surface area contributed by atoms with Crippen molar-refractivity contribution in [2.45, 2.75) is 6.92 Å². The zero-order chi connectivity index (χ0) is 18.6. The molecule has 27 heavy (non-hydrogen) atoms. The number of aromatic nitrogens is 1. The fourth-order valence-electron chi connectivity index (χ4n) is 3.68. The van der Waals surface area contributed by atoms with Gasteiger partial charge in [0.2, 0.25) is 0 Å². The summed E-state index contributed by atoms with van der Waals surface area (Å²) in [5.41, 5.74) is 4.07. The van der Waals surface area contributed by atoms with Crippen molar-refractivity contribution in [3.63, 3.8) is 0 Å². The average Bonchev–Trinajstić information content (AvgIpc) is 2.74. The highest BCUT2D eigenvalue weighted by Crippen LogP contribution is 2.19. The van der Waals surface area contributed by atoms with Crippen molar-refractivity contribution in [3.05, 3.63) is 53.9 Å². The highest BCUT2D eigenvalue weighted by Gasteiger charge is 2.23. The van der Waals surface area contributed by atoms with Gasteiger partial charge in [0.25, 0.3) is 5.91 Å². The number of amides is 1. The number of morpholine rings is 1. The Kier molecular flexibility index (Phi) is 5.25. The molecule has 0 radical (unpaired) electrons. The van der Waals surface area contributed by atoms with E-state index in [4.69, 9.17) is 4.74 Å². The fourth-order valence-corrected chi connectivity index (χ4v) is 3.68. The second-order valence-corrected chi connectivity index (χ2v) is 7.12. The SMILES string of the molecule is Cc1cccc(N2CCN(C(=O)c3ccc(N4CCOCC4)cn3)CC2)c1. The molecule has 0 atom stereocenters. The van der Waals surface area contributed by atoms with Crippen molar-refractivity contribution >= 4 is 17.3 Å². The van der Waals surface area contributed by atoms with Crippen LogP contribution in [0.4, 0.5) is 11.4 Å². The Morgan fingerprint density at radius 3 is 2.33 bits per heavy atom. The Hall–Kier alpha value is -2.60. The van der Waals surface area contributed by atoms with Crippen LogP contribution in [0.5, 0.6) is 0 Å². The van der Waals surface area contributed by atoms with Gasteiger partial charge in [0, 0.05) is 45.0 Å². The molecule has 0 bridgehead atoms. The molecule has 2 saturated heterocycles. The first kappa shape index (κ1) is 17.8. The van der Waals surface area contributed by atoms with Crippen molar-refractivity contribution in [1.29, 1.82) is 0 Å². The smallest absolute Gasteiger partial charge is 0.272 e. The lowest BCUT2D eigenvalue weighted by atomic mass is 10.2. The largest absolute Gasteiger partial charge is 0.378 e. The molecule has 6 nitrogen and oxygen atoms in total. The number of pyridine rings is 1. The molecule has 3 heterocycles. The molecule has 2 aliphatic rings. The first-order valence-electron chi connectivity index (χ1n) is 9.60. The molecule has 0 saturated carbocycles. The van der Waals surface area contributed by atoms with E-state index >= 15 is 0 Å². The standard InChI is InChI=1S/C21H26N4O2/c1-17-3-2-4-18(15-17)23-7-9-25(10-8-23)21(26)20-6-5-19(16-22-20)24-11-13-27-14-12-24/h2-6,15-16H,7-14H2,1H3. The molecule has 0 spiro atoms. The molecule has 1 amide bonds. The molecule has 0 unspecified atom stereocenters. The van der Waals surface area contributed by atoms with Crippen molar-refractivity contribution in [2.24, 2.45) is 0 Å². The summed E-state index contributed by atoms with van der Waals surface area (Å²) in [5.74, 6) is 0.0208. The van der Waals surface area contributed by atoms with Gasteiger partial charge in [-0.05, 0) is 36.8 Å². The van der Waals surface area contributed by atoms with E-state index in [2.05, 4.69) is 46.0 Å². The number of benzene rings is 1. The summed E-state index contributed by atoms with van der Waals surface area (Å²) < 4.78 is 5.38. The van der Waals surface area contributed by atoms with E-state index in [-0.39, 0.29) is 5.91 Å². The molecular weight excluding hydrogens is 340 g/mol. The minimum Gasteiger partial charge on any atom is -0.378 e. The first-order valence-corrected chi connectivity index (χ1v) is 9.60. The molecule has 4 rings (SSSR count). The quantitative estimate of drug-likeness (QED) is 0.833. The monoisotopic (exact) mass is 366 g/mol. The van der Waals surface area contributed by atoms with Gasteiger partial charge in [0.1, 0.15) is 5.69 Å². The van der Waals surface area contributed by atoms with Gasteiger partial charge in [-0.1, -0.05) is 12.1 Å². The van der Waals surface area contributed by atoms with Crippen LogP contribution in [-0.4, -0.2) is 68.3 Å². The van der Waals surface area contributed by atoms with Crippen LogP contribution < -0.4 is 9.80 Å². The van der Waals surface area contributed by atoms with Gasteiger partial charge in [-0.3, -0.25) is 4.79 Å². The maximum Gasteiger partial charge on any atom is 0.272 e. The van der Waals surface area contributed by atoms with Crippen molar-refractivity contribution in [3.8, 4) is 0 Å². The Bertz CT molecular complexity index is 779. The van der Waals surface area contributed by atoms with E-state index in [1.165, 1.54) is 11.3 Å². The zero-order valence-corrected chi connectivity index (χ0v) is 15.8. The number of hydrogen-bond acceptors (Lipinski definition) is 5. The third kappa shape index (κ3) is 4.06. The fraction of sp³-hybridized carbons (Fsp3) is 0.429. The molecule has 142 valence electrons. The van der Waals surface area contributed by atoms with Crippen LogP contribution >= 0.6 is 0 Å². The predicted octanol–water partition coefficient (Wildman–Crippen LogP) is 2.19. The maximum absolute atomic E-state index is 12.8. The zero-order valence-electron chi connectivity index (χ0n) is 15.8. The minimum atomic E-state index is 0.0208. The second kappa shape index (κ2) is 7.96. The lowest BCUT2D eigenvalue weighted by molar-refractivity contribution is 0.0741. The molecule has 1 aromatic carbocycles. The molecule has 2 aliphatic heterocycles. The Morgan fingerprint density at radius 1 is 0.926 bits per heavy atom. The molecular formula is C21H26N4O2. The highest BCUT2D eigenvalue weighted by molar-refractivity contribution is 5.92. The van der Waals surface area contributed by atoms with Crippen molar-refractivity contribution < 1.29 is 9.53 Å². The van der Waals surface area contributed by atoms with E-state index in [0.717, 1.165) is 58.2 Å². The first-order chi connectivity index (χ1) is 13.2. The number of carbonyl (C=O) groups excluding carboxylic acids is 1. The summed E-state index contributed by atoms with van der Waals surface area (Å²) in [7, 11) is 0. The number of rotatable bonds is 3. The number of nitrogens with zero attached hydrogens (tertiary/aromatic N) is 4. The van der Waals surface area contributed by atoms with Gasteiger partial charge in [0.05, 0.1) is 25.1 Å². The Labute approximate surface area is 160 Å². The van der Waals surface area contributed by atoms with Crippen LogP contribution in [-0.2, 0) is 4.74 Å². The lowest BCUT2D eigenvalue weighted by Gasteiger charge is -2.36. The number of hydrogen-bond donors (Lipinski definition) is 0. The van der Waals surface area contributed by atoms with E-state index in [1.54, 1.807) is 0 Å². The number of ether oxygens (including phenoxy) is 1. The molecule has 2 aromatic rings. The van der Waals surface area contributed by atoms with E-state index in [0.29, 0.717) is 5.69 Å². The van der Waals surface area contributed by atoms with Gasteiger partial charge in [0.15, 0.2) is 0 Å². The topological polar surface area (TPSA) is 48.9 Å². The van der Waals surface area contributed by atoms with E-state index in [9.17, 15) is 4.79 Å². The molecule has 0 aliphatic carbocycles. The Morgan fingerprint density at radius 2 is 1.67 bits per heavy atom. The van der Waals surface area contributed by atoms with Gasteiger partial charge < -0.3 is 19.4 Å². The van der Waals surface area contributed by atoms with Crippen LogP contribution in [0.1, 0.15) is 16.1 Å². The molecule has 2 fully saturated rings. The molecule has 1 aromatic heterocycles. The van der Waals surface area contributed by atoms with Gasteiger partial charge >= 0.3 is 0 Å². The van der Waals surface area contributed by atoms with E-state index in [1.807, 2.05) is 23.2 Å². The summed E-state index contributed by atoms with van der Waals surface area (Å²) in [6, 6.07) is 12.4. The summed E-state index contributed by atoms with van der Waals surface area (Å²) in [4.78, 5) is 23.7. The maximum atomic E-state index is 12.8. The average molecular weight is 366 g/mol. The predicted molar refractivity (Wildman–Crippen MR) is 107 cm³/mol. The van der Waals surface area contributed by atoms with Crippen LogP contribution in [0, 0.1) is 6.92 Å². The number of piperazine rings is 1. The normalized spacial score (nSPS) is 17.9. The van der Waals surface area contributed by atoms with Crippen molar-refractivity contribution in [2.75, 3.05) is 62.3 Å². The highest BCUT2D eigenvalue weighted by atomic mass is 16.5. The summed E-state index contributed by atoms with van der Waals surface area (Å²) >= 11 is 0. The third-order valence-electron chi connectivity index (χ3n) is 5.28. The van der Waals surface area contributed by atoms with Crippen LogP contribution in [0.25, 0.3) is 0 Å². The van der Waals surface area contributed by atoms with Crippen LogP contribution in [0.15, 0.2) is 42.6 Å². The van der Waals surface area contributed by atoms with Gasteiger partial charge in [-0.15, -0.1) is 0 Å². The van der Waals surface area contributed by atoms with Crippen molar-refractivity contribution in [1.82, 2.24) is 9.88 Å². The van der Waals surface area contributed by atoms with Gasteiger partial charge in [-0.25, -0.2) is 4.98 Å². The summed E-state index contributed by atoms with van der Waals surface area (Å²) in [6.45, 7) is 8.47. The summed E-state index contributed by atoms with van der Waals surface area (Å²) in [5, 5.41) is 0. The van der Waals surface area contributed by atoms with E-state index < -0.39 is 0 Å².